The topological polar surface area (TPSA) is 49.4 Å². The molecule has 0 aromatic rings. The maximum absolute atomic E-state index is 12.2. The Morgan fingerprint density at radius 3 is 2.59 bits per heavy atom. The minimum absolute atomic E-state index is 0.0127. The van der Waals surface area contributed by atoms with Crippen molar-refractivity contribution < 1.29 is 9.59 Å². The van der Waals surface area contributed by atoms with Crippen LogP contribution < -0.4 is 5.32 Å². The van der Waals surface area contributed by atoms with Gasteiger partial charge in [0.05, 0.1) is 5.92 Å². The normalized spacial score (nSPS) is 28.0. The lowest BCUT2D eigenvalue weighted by molar-refractivity contribution is -0.138. The molecule has 2 fully saturated rings. The summed E-state index contributed by atoms with van der Waals surface area (Å²) < 4.78 is 0. The van der Waals surface area contributed by atoms with Crippen molar-refractivity contribution in [2.45, 2.75) is 39.5 Å². The van der Waals surface area contributed by atoms with Crippen molar-refractivity contribution in [1.82, 2.24) is 10.2 Å². The van der Waals surface area contributed by atoms with E-state index in [1.54, 1.807) is 0 Å². The summed E-state index contributed by atoms with van der Waals surface area (Å²) in [5.41, 5.74) is 0.403. The number of amides is 2. The van der Waals surface area contributed by atoms with Crippen LogP contribution in [-0.4, -0.2) is 36.3 Å². The van der Waals surface area contributed by atoms with Crippen LogP contribution in [-0.2, 0) is 9.59 Å². The number of likely N-dealkylation sites (tertiary alicyclic amines) is 1. The number of hydrogen-bond acceptors (Lipinski definition) is 2. The first-order chi connectivity index (χ1) is 8.04. The van der Waals surface area contributed by atoms with E-state index >= 15 is 0 Å². The summed E-state index contributed by atoms with van der Waals surface area (Å²) in [5, 5.41) is 2.73. The molecule has 2 amide bonds. The predicted octanol–water partition coefficient (Wildman–Crippen LogP) is 1.16. The predicted molar refractivity (Wildman–Crippen MR) is 65.3 cm³/mol. The lowest BCUT2D eigenvalue weighted by Crippen LogP contribution is -2.44. The van der Waals surface area contributed by atoms with E-state index in [1.165, 1.54) is 6.42 Å². The minimum Gasteiger partial charge on any atom is -0.355 e. The van der Waals surface area contributed by atoms with Crippen molar-refractivity contribution >= 4 is 11.8 Å². The lowest BCUT2D eigenvalue weighted by Gasteiger charge is -2.39. The van der Waals surface area contributed by atoms with E-state index in [4.69, 9.17) is 0 Å². The van der Waals surface area contributed by atoms with E-state index in [0.29, 0.717) is 18.4 Å². The number of piperidine rings is 1. The molecule has 0 saturated carbocycles. The Morgan fingerprint density at radius 2 is 2.12 bits per heavy atom. The highest BCUT2D eigenvalue weighted by atomic mass is 16.2. The Labute approximate surface area is 103 Å². The molecule has 0 bridgehead atoms. The van der Waals surface area contributed by atoms with Crippen LogP contribution in [0, 0.1) is 11.3 Å². The third-order valence-electron chi connectivity index (χ3n) is 4.46. The number of rotatable bonds is 2. The summed E-state index contributed by atoms with van der Waals surface area (Å²) >= 11 is 0. The van der Waals surface area contributed by atoms with Crippen LogP contribution in [0.3, 0.4) is 0 Å². The van der Waals surface area contributed by atoms with Crippen LogP contribution in [0.4, 0.5) is 0 Å². The van der Waals surface area contributed by atoms with Gasteiger partial charge >= 0.3 is 0 Å². The highest BCUT2D eigenvalue weighted by Gasteiger charge is 2.35. The summed E-state index contributed by atoms with van der Waals surface area (Å²) in [4.78, 5) is 25.2. The molecule has 0 aromatic heterocycles. The average Bonchev–Trinajstić information content (AvgIpc) is 2.76. The number of nitrogens with zero attached hydrogens (tertiary/aromatic N) is 1. The van der Waals surface area contributed by atoms with Gasteiger partial charge in [-0.15, -0.1) is 0 Å². The van der Waals surface area contributed by atoms with Gasteiger partial charge < -0.3 is 10.2 Å². The van der Waals surface area contributed by atoms with E-state index in [-0.39, 0.29) is 17.7 Å². The highest BCUT2D eigenvalue weighted by Crippen LogP contribution is 2.34. The molecule has 2 rings (SSSR count). The zero-order valence-electron chi connectivity index (χ0n) is 10.8. The maximum atomic E-state index is 12.2. The minimum atomic E-state index is -0.117. The van der Waals surface area contributed by atoms with Crippen LogP contribution in [0.5, 0.6) is 0 Å². The molecule has 0 aliphatic carbocycles. The zero-order chi connectivity index (χ0) is 12.5. The van der Waals surface area contributed by atoms with Crippen LogP contribution in [0.15, 0.2) is 0 Å². The van der Waals surface area contributed by atoms with Gasteiger partial charge in [0.1, 0.15) is 0 Å². The van der Waals surface area contributed by atoms with E-state index < -0.39 is 0 Å². The average molecular weight is 238 g/mol. The number of carbonyl (C=O) groups excluding carboxylic acids is 2. The molecule has 2 heterocycles. The monoisotopic (exact) mass is 238 g/mol. The van der Waals surface area contributed by atoms with E-state index in [0.717, 1.165) is 25.9 Å². The van der Waals surface area contributed by atoms with E-state index in [9.17, 15) is 9.59 Å². The third-order valence-corrected chi connectivity index (χ3v) is 4.46. The van der Waals surface area contributed by atoms with Crippen LogP contribution >= 0.6 is 0 Å². The molecule has 0 radical (unpaired) electrons. The van der Waals surface area contributed by atoms with Crippen molar-refractivity contribution in [3.05, 3.63) is 0 Å². The molecule has 96 valence electrons. The van der Waals surface area contributed by atoms with Gasteiger partial charge in [0.25, 0.3) is 0 Å². The summed E-state index contributed by atoms with van der Waals surface area (Å²) in [6.07, 6.45) is 3.73. The van der Waals surface area contributed by atoms with Gasteiger partial charge in [-0.2, -0.15) is 0 Å². The van der Waals surface area contributed by atoms with Crippen molar-refractivity contribution in [2.24, 2.45) is 11.3 Å². The van der Waals surface area contributed by atoms with E-state index in [2.05, 4.69) is 19.2 Å². The number of carbonyl (C=O) groups is 2. The van der Waals surface area contributed by atoms with Gasteiger partial charge in [0, 0.05) is 26.1 Å². The Balaban J connectivity index is 1.88. The van der Waals surface area contributed by atoms with Gasteiger partial charge in [0.15, 0.2) is 0 Å². The molecule has 4 nitrogen and oxygen atoms in total. The molecule has 0 spiro atoms. The molecule has 1 atom stereocenters. The second kappa shape index (κ2) is 4.67. The second-order valence-electron chi connectivity index (χ2n) is 5.69. The Bertz CT molecular complexity index is 319. The second-order valence-corrected chi connectivity index (χ2v) is 5.69. The molecule has 1 unspecified atom stereocenters. The Morgan fingerprint density at radius 1 is 1.47 bits per heavy atom. The first-order valence-corrected chi connectivity index (χ1v) is 6.59. The fourth-order valence-electron chi connectivity index (χ4n) is 2.66. The standard InChI is InChI=1S/C13H22N2O2/c1-3-13(2)4-6-15(7-5-13)12(17)10-8-11(16)14-9-10/h10H,3-9H2,1-2H3,(H,14,16). The molecular formula is C13H22N2O2. The first kappa shape index (κ1) is 12.4. The summed E-state index contributed by atoms with van der Waals surface area (Å²) in [6.45, 7) is 6.76. The zero-order valence-corrected chi connectivity index (χ0v) is 10.8. The fraction of sp³-hybridized carbons (Fsp3) is 0.846. The lowest BCUT2D eigenvalue weighted by atomic mass is 9.78. The van der Waals surface area contributed by atoms with Crippen molar-refractivity contribution in [3.63, 3.8) is 0 Å². The molecule has 0 aromatic carbocycles. The Hall–Kier alpha value is -1.06. The molecule has 2 aliphatic heterocycles. The van der Waals surface area contributed by atoms with E-state index in [1.807, 2.05) is 4.90 Å². The SMILES string of the molecule is CCC1(C)CCN(C(=O)C2CNC(=O)C2)CC1. The molecule has 17 heavy (non-hydrogen) atoms. The largest absolute Gasteiger partial charge is 0.355 e. The molecule has 1 N–H and O–H groups in total. The van der Waals surface area contributed by atoms with Gasteiger partial charge in [0.2, 0.25) is 11.8 Å². The molecule has 2 saturated heterocycles. The first-order valence-electron chi connectivity index (χ1n) is 6.59. The van der Waals surface area contributed by atoms with Gasteiger partial charge in [-0.25, -0.2) is 0 Å². The summed E-state index contributed by atoms with van der Waals surface area (Å²) in [6, 6.07) is 0. The van der Waals surface area contributed by atoms with Gasteiger partial charge in [-0.05, 0) is 18.3 Å². The Kier molecular flexibility index (Phi) is 3.40. The highest BCUT2D eigenvalue weighted by molar-refractivity contribution is 5.89. The van der Waals surface area contributed by atoms with Crippen molar-refractivity contribution in [2.75, 3.05) is 19.6 Å². The summed E-state index contributed by atoms with van der Waals surface area (Å²) in [7, 11) is 0. The van der Waals surface area contributed by atoms with Crippen molar-refractivity contribution in [3.8, 4) is 0 Å². The number of nitrogens with one attached hydrogen (secondary N) is 1. The van der Waals surface area contributed by atoms with Gasteiger partial charge in [-0.1, -0.05) is 20.3 Å². The van der Waals surface area contributed by atoms with Crippen LogP contribution in [0.2, 0.25) is 0 Å². The summed E-state index contributed by atoms with van der Waals surface area (Å²) in [5.74, 6) is 0.0636. The molecular weight excluding hydrogens is 216 g/mol. The quantitative estimate of drug-likeness (QED) is 0.785. The van der Waals surface area contributed by atoms with Crippen LogP contribution in [0.25, 0.3) is 0 Å². The third kappa shape index (κ3) is 2.61. The smallest absolute Gasteiger partial charge is 0.227 e. The van der Waals surface area contributed by atoms with Gasteiger partial charge in [-0.3, -0.25) is 9.59 Å². The maximum Gasteiger partial charge on any atom is 0.227 e. The number of hydrogen-bond donors (Lipinski definition) is 1. The molecule has 2 aliphatic rings. The molecule has 4 heteroatoms. The van der Waals surface area contributed by atoms with Crippen molar-refractivity contribution in [1.29, 1.82) is 0 Å². The van der Waals surface area contributed by atoms with Crippen LogP contribution in [0.1, 0.15) is 39.5 Å². The fourth-order valence-corrected chi connectivity index (χ4v) is 2.66.